The van der Waals surface area contributed by atoms with Crippen molar-refractivity contribution in [1.82, 2.24) is 15.4 Å². The predicted octanol–water partition coefficient (Wildman–Crippen LogP) is 1.88. The minimum atomic E-state index is -0.767. The van der Waals surface area contributed by atoms with Crippen LogP contribution in [0.1, 0.15) is 15.9 Å². The van der Waals surface area contributed by atoms with Gasteiger partial charge in [-0.2, -0.15) is 0 Å². The van der Waals surface area contributed by atoms with Gasteiger partial charge in [-0.25, -0.2) is 4.39 Å². The molecule has 0 aliphatic rings. The Morgan fingerprint density at radius 2 is 1.65 bits per heavy atom. The molecule has 3 rings (SSSR count). The third-order valence-corrected chi connectivity index (χ3v) is 4.28. The lowest BCUT2D eigenvalue weighted by Gasteiger charge is -2.10. The van der Waals surface area contributed by atoms with Crippen LogP contribution >= 0.6 is 0 Å². The second-order valence-electron chi connectivity index (χ2n) is 6.45. The molecule has 0 aliphatic carbocycles. The summed E-state index contributed by atoms with van der Waals surface area (Å²) in [5.74, 6) is -0.648. The molecule has 1 heterocycles. The Hall–Kier alpha value is -4.14. The van der Waals surface area contributed by atoms with Gasteiger partial charge in [-0.15, -0.1) is 0 Å². The number of hydrogen-bond acceptors (Lipinski definition) is 5. The minimum Gasteiger partial charge on any atom is -0.497 e. The van der Waals surface area contributed by atoms with Crippen molar-refractivity contribution in [2.24, 2.45) is 0 Å². The van der Waals surface area contributed by atoms with E-state index in [1.54, 1.807) is 36.4 Å². The van der Waals surface area contributed by atoms with Crippen molar-refractivity contribution in [2.75, 3.05) is 13.7 Å². The molecule has 3 aromatic rings. The number of hydrogen-bond donors (Lipinski definition) is 2. The maximum absolute atomic E-state index is 13.0. The molecule has 31 heavy (non-hydrogen) atoms. The standard InChI is InChI=1S/C22H20FN3O5/c1-30-17-8-10-18(11-9-17)31-14-20(27)24-25-21(28)19-3-2-12-26(22(19)29)13-15-4-6-16(23)7-5-15/h2-12H,13-14H2,1H3,(H,24,27)(H,25,28). The number of hydrazine groups is 1. The Kier molecular flexibility index (Phi) is 7.00. The van der Waals surface area contributed by atoms with Gasteiger partial charge in [0.2, 0.25) is 0 Å². The van der Waals surface area contributed by atoms with Crippen LogP contribution in [0.25, 0.3) is 0 Å². The quantitative estimate of drug-likeness (QED) is 0.564. The Morgan fingerprint density at radius 3 is 2.32 bits per heavy atom. The summed E-state index contributed by atoms with van der Waals surface area (Å²) >= 11 is 0. The summed E-state index contributed by atoms with van der Waals surface area (Å²) in [5.41, 5.74) is 4.39. The van der Waals surface area contributed by atoms with E-state index in [0.717, 1.165) is 0 Å². The highest BCUT2D eigenvalue weighted by atomic mass is 19.1. The highest BCUT2D eigenvalue weighted by molar-refractivity contribution is 5.95. The molecule has 0 saturated carbocycles. The largest absolute Gasteiger partial charge is 0.497 e. The van der Waals surface area contributed by atoms with Crippen LogP contribution in [0.3, 0.4) is 0 Å². The van der Waals surface area contributed by atoms with Crippen LogP contribution < -0.4 is 25.9 Å². The van der Waals surface area contributed by atoms with E-state index >= 15 is 0 Å². The molecule has 0 bridgehead atoms. The van der Waals surface area contributed by atoms with E-state index in [2.05, 4.69) is 10.9 Å². The third-order valence-electron chi connectivity index (χ3n) is 4.28. The highest BCUT2D eigenvalue weighted by Gasteiger charge is 2.13. The lowest BCUT2D eigenvalue weighted by atomic mass is 10.2. The van der Waals surface area contributed by atoms with Gasteiger partial charge < -0.3 is 14.0 Å². The van der Waals surface area contributed by atoms with Gasteiger partial charge in [-0.3, -0.25) is 25.2 Å². The smallest absolute Gasteiger partial charge is 0.276 e. The number of aromatic nitrogens is 1. The predicted molar refractivity (Wildman–Crippen MR) is 110 cm³/mol. The number of halogens is 1. The molecule has 2 N–H and O–H groups in total. The lowest BCUT2D eigenvalue weighted by Crippen LogP contribution is -2.45. The van der Waals surface area contributed by atoms with Gasteiger partial charge in [0.25, 0.3) is 17.4 Å². The van der Waals surface area contributed by atoms with Gasteiger partial charge in [0.15, 0.2) is 6.61 Å². The fraction of sp³-hybridized carbons (Fsp3) is 0.136. The minimum absolute atomic E-state index is 0.152. The molecular weight excluding hydrogens is 405 g/mol. The average Bonchev–Trinajstić information content (AvgIpc) is 2.79. The van der Waals surface area contributed by atoms with Crippen molar-refractivity contribution in [2.45, 2.75) is 6.54 Å². The van der Waals surface area contributed by atoms with E-state index in [1.165, 1.54) is 42.1 Å². The fourth-order valence-corrected chi connectivity index (χ4v) is 2.67. The van der Waals surface area contributed by atoms with E-state index in [1.807, 2.05) is 0 Å². The molecule has 1 aromatic heterocycles. The first-order valence-corrected chi connectivity index (χ1v) is 9.26. The summed E-state index contributed by atoms with van der Waals surface area (Å²) in [4.78, 5) is 36.8. The van der Waals surface area contributed by atoms with Crippen LogP contribution in [0, 0.1) is 5.82 Å². The number of nitrogens with zero attached hydrogens (tertiary/aromatic N) is 1. The van der Waals surface area contributed by atoms with Gasteiger partial charge in [0.1, 0.15) is 22.9 Å². The number of pyridine rings is 1. The molecule has 0 spiro atoms. The van der Waals surface area contributed by atoms with Crippen LogP contribution in [0.2, 0.25) is 0 Å². The first-order chi connectivity index (χ1) is 15.0. The van der Waals surface area contributed by atoms with Crippen LogP contribution in [0.4, 0.5) is 4.39 Å². The summed E-state index contributed by atoms with van der Waals surface area (Å²) in [6.07, 6.45) is 1.52. The Balaban J connectivity index is 1.55. The SMILES string of the molecule is COc1ccc(OCC(=O)NNC(=O)c2cccn(Cc3ccc(F)cc3)c2=O)cc1. The van der Waals surface area contributed by atoms with Crippen molar-refractivity contribution < 1.29 is 23.5 Å². The van der Waals surface area contributed by atoms with Crippen molar-refractivity contribution in [1.29, 1.82) is 0 Å². The molecule has 0 radical (unpaired) electrons. The highest BCUT2D eigenvalue weighted by Crippen LogP contribution is 2.16. The Bertz CT molecular complexity index is 1110. The number of amides is 2. The summed E-state index contributed by atoms with van der Waals surface area (Å²) in [7, 11) is 1.54. The molecule has 9 heteroatoms. The summed E-state index contributed by atoms with van der Waals surface area (Å²) in [6.45, 7) is -0.168. The number of benzene rings is 2. The van der Waals surface area contributed by atoms with E-state index < -0.39 is 17.4 Å². The molecule has 0 atom stereocenters. The zero-order valence-electron chi connectivity index (χ0n) is 16.6. The van der Waals surface area contributed by atoms with Crippen molar-refractivity contribution >= 4 is 11.8 Å². The normalized spacial score (nSPS) is 10.3. The van der Waals surface area contributed by atoms with E-state index in [-0.39, 0.29) is 24.5 Å². The molecular formula is C22H20FN3O5. The van der Waals surface area contributed by atoms with Gasteiger partial charge in [-0.1, -0.05) is 12.1 Å². The van der Waals surface area contributed by atoms with Gasteiger partial charge in [0.05, 0.1) is 13.7 Å². The fourth-order valence-electron chi connectivity index (χ4n) is 2.67. The zero-order chi connectivity index (χ0) is 22.2. The van der Waals surface area contributed by atoms with E-state index in [0.29, 0.717) is 17.1 Å². The van der Waals surface area contributed by atoms with Crippen LogP contribution in [-0.2, 0) is 11.3 Å². The second kappa shape index (κ2) is 10.1. The average molecular weight is 425 g/mol. The number of nitrogens with one attached hydrogen (secondary N) is 2. The Morgan fingerprint density at radius 1 is 0.968 bits per heavy atom. The third kappa shape index (κ3) is 5.92. The molecule has 0 fully saturated rings. The first-order valence-electron chi connectivity index (χ1n) is 9.26. The summed E-state index contributed by atoms with van der Waals surface area (Å²) < 4.78 is 24.7. The van der Waals surface area contributed by atoms with Gasteiger partial charge in [0, 0.05) is 6.20 Å². The molecule has 160 valence electrons. The summed E-state index contributed by atoms with van der Waals surface area (Å²) in [5, 5.41) is 0. The topological polar surface area (TPSA) is 98.7 Å². The molecule has 2 aromatic carbocycles. The lowest BCUT2D eigenvalue weighted by molar-refractivity contribution is -0.123. The molecule has 8 nitrogen and oxygen atoms in total. The van der Waals surface area contributed by atoms with Crippen molar-refractivity contribution in [3.8, 4) is 11.5 Å². The maximum Gasteiger partial charge on any atom is 0.276 e. The molecule has 0 aliphatic heterocycles. The number of methoxy groups -OCH3 is 1. The van der Waals surface area contributed by atoms with E-state index in [9.17, 15) is 18.8 Å². The molecule has 2 amide bonds. The van der Waals surface area contributed by atoms with Crippen LogP contribution in [-0.4, -0.2) is 30.1 Å². The number of carbonyl (C=O) groups is 2. The van der Waals surface area contributed by atoms with Gasteiger partial charge >= 0.3 is 0 Å². The van der Waals surface area contributed by atoms with Crippen LogP contribution in [0.5, 0.6) is 11.5 Å². The monoisotopic (exact) mass is 425 g/mol. The van der Waals surface area contributed by atoms with Gasteiger partial charge in [-0.05, 0) is 54.1 Å². The molecule has 0 unspecified atom stereocenters. The maximum atomic E-state index is 13.0. The second-order valence-corrected chi connectivity index (χ2v) is 6.45. The Labute approximate surface area is 177 Å². The first kappa shape index (κ1) is 21.6. The summed E-state index contributed by atoms with van der Waals surface area (Å²) in [6, 6.07) is 15.2. The molecule has 0 saturated heterocycles. The zero-order valence-corrected chi connectivity index (χ0v) is 16.6. The van der Waals surface area contributed by atoms with E-state index in [4.69, 9.17) is 9.47 Å². The number of ether oxygens (including phenoxy) is 2. The number of rotatable bonds is 7. The van der Waals surface area contributed by atoms with Crippen molar-refractivity contribution in [3.05, 3.63) is 94.2 Å². The van der Waals surface area contributed by atoms with Crippen molar-refractivity contribution in [3.63, 3.8) is 0 Å². The number of carbonyl (C=O) groups excluding carboxylic acids is 2. The van der Waals surface area contributed by atoms with Crippen LogP contribution in [0.15, 0.2) is 71.7 Å².